The van der Waals surface area contributed by atoms with Crippen LogP contribution in [0.3, 0.4) is 0 Å². The van der Waals surface area contributed by atoms with Crippen molar-refractivity contribution in [3.05, 3.63) is 47.4 Å². The number of carbonyl (C=O) groups excluding carboxylic acids is 1. The van der Waals surface area contributed by atoms with Gasteiger partial charge in [-0.1, -0.05) is 23.4 Å². The molecule has 0 aliphatic heterocycles. The predicted molar refractivity (Wildman–Crippen MR) is 88.0 cm³/mol. The zero-order chi connectivity index (χ0) is 17.7. The lowest BCUT2D eigenvalue weighted by atomic mass is 10.2. The molecule has 0 fully saturated rings. The van der Waals surface area contributed by atoms with E-state index in [9.17, 15) is 13.2 Å². The fourth-order valence-electron chi connectivity index (χ4n) is 2.15. The molecular formula is C16H18N2O5S. The number of carbonyl (C=O) groups is 1. The van der Waals surface area contributed by atoms with Crippen molar-refractivity contribution >= 4 is 22.0 Å². The summed E-state index contributed by atoms with van der Waals surface area (Å²) in [6.45, 7) is 5.29. The van der Waals surface area contributed by atoms with Gasteiger partial charge in [0.2, 0.25) is 0 Å². The molecule has 1 N–H and O–H groups in total. The van der Waals surface area contributed by atoms with Crippen LogP contribution in [0.1, 0.15) is 23.9 Å². The molecule has 0 unspecified atom stereocenters. The van der Waals surface area contributed by atoms with Crippen molar-refractivity contribution in [2.75, 3.05) is 6.61 Å². The largest absolute Gasteiger partial charge is 0.493 e. The summed E-state index contributed by atoms with van der Waals surface area (Å²) in [6, 6.07) is 7.13. The molecule has 0 radical (unpaired) electrons. The molecule has 1 amide bonds. The van der Waals surface area contributed by atoms with Gasteiger partial charge in [0.25, 0.3) is 15.9 Å². The Bertz CT molecular complexity index is 849. The molecule has 0 aliphatic carbocycles. The lowest BCUT2D eigenvalue weighted by molar-refractivity contribution is -0.114. The SMILES string of the molecule is CCOc1ccccc1/C=C/C(=O)NS(=O)(=O)c1c(C)noc1C. The van der Waals surface area contributed by atoms with Gasteiger partial charge in [-0.15, -0.1) is 0 Å². The molecule has 1 aromatic heterocycles. The van der Waals surface area contributed by atoms with E-state index < -0.39 is 15.9 Å². The molecule has 0 saturated carbocycles. The smallest absolute Gasteiger partial charge is 0.269 e. The Hall–Kier alpha value is -2.61. The highest BCUT2D eigenvalue weighted by molar-refractivity contribution is 7.90. The lowest BCUT2D eigenvalue weighted by Crippen LogP contribution is -2.29. The number of aromatic nitrogens is 1. The molecule has 1 heterocycles. The van der Waals surface area contributed by atoms with Gasteiger partial charge in [-0.3, -0.25) is 4.79 Å². The number of benzene rings is 1. The number of aryl methyl sites for hydroxylation is 2. The third-order valence-electron chi connectivity index (χ3n) is 3.10. The van der Waals surface area contributed by atoms with Crippen LogP contribution < -0.4 is 9.46 Å². The van der Waals surface area contributed by atoms with E-state index in [0.29, 0.717) is 17.9 Å². The van der Waals surface area contributed by atoms with E-state index in [4.69, 9.17) is 9.26 Å². The minimum absolute atomic E-state index is 0.124. The fourth-order valence-corrected chi connectivity index (χ4v) is 3.42. The molecule has 0 atom stereocenters. The van der Waals surface area contributed by atoms with Crippen LogP contribution in [0.5, 0.6) is 5.75 Å². The first-order valence-electron chi connectivity index (χ1n) is 7.24. The molecule has 2 rings (SSSR count). The van der Waals surface area contributed by atoms with Crippen molar-refractivity contribution in [2.45, 2.75) is 25.7 Å². The van der Waals surface area contributed by atoms with E-state index in [-0.39, 0.29) is 16.3 Å². The highest BCUT2D eigenvalue weighted by atomic mass is 32.2. The monoisotopic (exact) mass is 350 g/mol. The number of hydrogen-bond donors (Lipinski definition) is 1. The van der Waals surface area contributed by atoms with Gasteiger partial charge in [-0.25, -0.2) is 13.1 Å². The van der Waals surface area contributed by atoms with E-state index in [0.717, 1.165) is 6.08 Å². The Labute approximate surface area is 140 Å². The summed E-state index contributed by atoms with van der Waals surface area (Å²) in [6.07, 6.45) is 2.62. The maximum atomic E-state index is 12.2. The normalized spacial score (nSPS) is 11.6. The third-order valence-corrected chi connectivity index (χ3v) is 4.69. The summed E-state index contributed by atoms with van der Waals surface area (Å²) in [7, 11) is -4.04. The maximum Gasteiger partial charge on any atom is 0.269 e. The molecular weight excluding hydrogens is 332 g/mol. The van der Waals surface area contributed by atoms with Crippen LogP contribution in [0.2, 0.25) is 0 Å². The van der Waals surface area contributed by atoms with E-state index in [1.807, 2.05) is 17.7 Å². The van der Waals surface area contributed by atoms with Crippen molar-refractivity contribution in [3.63, 3.8) is 0 Å². The average molecular weight is 350 g/mol. The zero-order valence-corrected chi connectivity index (χ0v) is 14.4. The van der Waals surface area contributed by atoms with Crippen LogP contribution in [-0.2, 0) is 14.8 Å². The van der Waals surface area contributed by atoms with E-state index >= 15 is 0 Å². The van der Waals surface area contributed by atoms with Crippen molar-refractivity contribution in [1.29, 1.82) is 0 Å². The molecule has 7 nitrogen and oxygen atoms in total. The Morgan fingerprint density at radius 1 is 1.33 bits per heavy atom. The van der Waals surface area contributed by atoms with Crippen molar-refractivity contribution in [2.24, 2.45) is 0 Å². The van der Waals surface area contributed by atoms with Gasteiger partial charge >= 0.3 is 0 Å². The second kappa shape index (κ2) is 7.31. The number of hydrogen-bond acceptors (Lipinski definition) is 6. The summed E-state index contributed by atoms with van der Waals surface area (Å²) >= 11 is 0. The number of amides is 1. The third kappa shape index (κ3) is 4.02. The molecule has 0 bridgehead atoms. The van der Waals surface area contributed by atoms with Gasteiger partial charge in [-0.05, 0) is 32.9 Å². The Kier molecular flexibility index (Phi) is 5.40. The number of rotatable bonds is 6. The van der Waals surface area contributed by atoms with Gasteiger partial charge in [0.05, 0.1) is 6.61 Å². The molecule has 2 aromatic rings. The summed E-state index contributed by atoms with van der Waals surface area (Å²) in [5.74, 6) is -0.0441. The van der Waals surface area contributed by atoms with Crippen LogP contribution >= 0.6 is 0 Å². The second-order valence-electron chi connectivity index (χ2n) is 4.93. The Morgan fingerprint density at radius 3 is 2.67 bits per heavy atom. The second-order valence-corrected chi connectivity index (χ2v) is 6.55. The van der Waals surface area contributed by atoms with Gasteiger partial charge in [0.15, 0.2) is 10.7 Å². The summed E-state index contributed by atoms with van der Waals surface area (Å²) < 4.78 is 36.7. The number of sulfonamides is 1. The van der Waals surface area contributed by atoms with Crippen molar-refractivity contribution < 1.29 is 22.5 Å². The topological polar surface area (TPSA) is 98.5 Å². The van der Waals surface area contributed by atoms with E-state index in [2.05, 4.69) is 5.16 Å². The van der Waals surface area contributed by atoms with Crippen LogP contribution in [0.25, 0.3) is 6.08 Å². The lowest BCUT2D eigenvalue weighted by Gasteiger charge is -2.06. The van der Waals surface area contributed by atoms with Crippen LogP contribution in [0, 0.1) is 13.8 Å². The van der Waals surface area contributed by atoms with Crippen molar-refractivity contribution in [3.8, 4) is 5.75 Å². The number of para-hydroxylation sites is 1. The molecule has 128 valence electrons. The number of nitrogens with one attached hydrogen (secondary N) is 1. The average Bonchev–Trinajstić information content (AvgIpc) is 2.86. The highest BCUT2D eigenvalue weighted by Crippen LogP contribution is 2.20. The van der Waals surface area contributed by atoms with Crippen LogP contribution in [-0.4, -0.2) is 26.1 Å². The first-order chi connectivity index (χ1) is 11.3. The quantitative estimate of drug-likeness (QED) is 0.802. The molecule has 8 heteroatoms. The van der Waals surface area contributed by atoms with Gasteiger partial charge in [0.1, 0.15) is 11.4 Å². The molecule has 0 saturated heterocycles. The summed E-state index contributed by atoms with van der Waals surface area (Å²) in [5, 5.41) is 3.58. The standard InChI is InChI=1S/C16H18N2O5S/c1-4-22-14-8-6-5-7-13(14)9-10-15(19)18-24(20,21)16-11(2)17-23-12(16)3/h5-10H,4H2,1-3H3,(H,18,19)/b10-9+. The first-order valence-corrected chi connectivity index (χ1v) is 8.73. The minimum atomic E-state index is -4.04. The van der Waals surface area contributed by atoms with E-state index in [1.165, 1.54) is 19.9 Å². The maximum absolute atomic E-state index is 12.2. The Balaban J connectivity index is 2.17. The summed E-state index contributed by atoms with van der Waals surface area (Å²) in [5.41, 5.74) is 0.864. The van der Waals surface area contributed by atoms with Crippen LogP contribution in [0.15, 0.2) is 39.8 Å². The molecule has 1 aromatic carbocycles. The predicted octanol–water partition coefficient (Wildman–Crippen LogP) is 2.21. The molecule has 0 aliphatic rings. The number of ether oxygens (including phenoxy) is 1. The van der Waals surface area contributed by atoms with Gasteiger partial charge in [0, 0.05) is 11.6 Å². The zero-order valence-electron chi connectivity index (χ0n) is 13.6. The molecule has 24 heavy (non-hydrogen) atoms. The molecule has 0 spiro atoms. The van der Waals surface area contributed by atoms with Crippen molar-refractivity contribution in [1.82, 2.24) is 9.88 Å². The van der Waals surface area contributed by atoms with E-state index in [1.54, 1.807) is 18.2 Å². The first kappa shape index (κ1) is 17.7. The fraction of sp³-hybridized carbons (Fsp3) is 0.250. The van der Waals surface area contributed by atoms with Gasteiger partial charge in [-0.2, -0.15) is 0 Å². The number of nitrogens with zero attached hydrogens (tertiary/aromatic N) is 1. The van der Waals surface area contributed by atoms with Crippen LogP contribution in [0.4, 0.5) is 0 Å². The van der Waals surface area contributed by atoms with Gasteiger partial charge < -0.3 is 9.26 Å². The Morgan fingerprint density at radius 2 is 2.04 bits per heavy atom. The minimum Gasteiger partial charge on any atom is -0.493 e. The highest BCUT2D eigenvalue weighted by Gasteiger charge is 2.25. The summed E-state index contributed by atoms with van der Waals surface area (Å²) in [4.78, 5) is 11.8.